The Morgan fingerprint density at radius 1 is 1.08 bits per heavy atom. The summed E-state index contributed by atoms with van der Waals surface area (Å²) >= 11 is 0. The van der Waals surface area contributed by atoms with Crippen LogP contribution in [0.4, 0.5) is 10.1 Å². The molecule has 0 N–H and O–H groups in total. The fourth-order valence-corrected chi connectivity index (χ4v) is 3.37. The summed E-state index contributed by atoms with van der Waals surface area (Å²) in [6.45, 7) is 1.99. The number of ether oxygens (including phenoxy) is 3. The molecule has 1 aliphatic heterocycles. The minimum absolute atomic E-state index is 0.000414. The maximum Gasteiger partial charge on any atom is 0.258 e. The zero-order valence-electron chi connectivity index (χ0n) is 15.3. The summed E-state index contributed by atoms with van der Waals surface area (Å²) in [5.74, 6) is 0.780. The number of carbonyl (C=O) groups excluding carboxylic acids is 1. The summed E-state index contributed by atoms with van der Waals surface area (Å²) in [5, 5.41) is 0. The van der Waals surface area contributed by atoms with Crippen LogP contribution >= 0.6 is 0 Å². The lowest BCUT2D eigenvalue weighted by Gasteiger charge is -2.35. The number of aryl methyl sites for hydroxylation is 1. The number of nitrogens with zero attached hydrogens (tertiary/aromatic N) is 1. The minimum atomic E-state index is -0.293. The number of hydrogen-bond donors (Lipinski definition) is 0. The minimum Gasteiger partial charge on any atom is -0.493 e. The first-order chi connectivity index (χ1) is 12.5. The van der Waals surface area contributed by atoms with Gasteiger partial charge >= 0.3 is 0 Å². The molecule has 0 saturated heterocycles. The normalized spacial score (nSPS) is 16.0. The number of anilines is 1. The molecule has 0 bridgehead atoms. The van der Waals surface area contributed by atoms with Crippen LogP contribution < -0.4 is 19.1 Å². The molecule has 2 aromatic carbocycles. The van der Waals surface area contributed by atoms with Crippen LogP contribution in [0.2, 0.25) is 0 Å². The molecule has 1 atom stereocenters. The van der Waals surface area contributed by atoms with Crippen molar-refractivity contribution in [2.45, 2.75) is 25.8 Å². The second-order valence-electron chi connectivity index (χ2n) is 6.25. The van der Waals surface area contributed by atoms with E-state index in [4.69, 9.17) is 14.2 Å². The molecule has 1 unspecified atom stereocenters. The van der Waals surface area contributed by atoms with Crippen molar-refractivity contribution in [2.75, 3.05) is 26.2 Å². The lowest BCUT2D eigenvalue weighted by atomic mass is 9.95. The highest BCUT2D eigenvalue weighted by atomic mass is 19.1. The maximum atomic E-state index is 13.6. The van der Waals surface area contributed by atoms with Crippen LogP contribution in [-0.4, -0.2) is 33.3 Å². The molecule has 0 aliphatic carbocycles. The molecule has 1 aliphatic rings. The quantitative estimate of drug-likeness (QED) is 0.832. The number of rotatable bonds is 4. The summed E-state index contributed by atoms with van der Waals surface area (Å²) in [4.78, 5) is 15.0. The third-order valence-corrected chi connectivity index (χ3v) is 4.70. The molecule has 0 aromatic heterocycles. The van der Waals surface area contributed by atoms with Gasteiger partial charge in [-0.1, -0.05) is 0 Å². The molecule has 26 heavy (non-hydrogen) atoms. The average Bonchev–Trinajstić information content (AvgIpc) is 2.66. The Balaban J connectivity index is 2.07. The van der Waals surface area contributed by atoms with Gasteiger partial charge in [0, 0.05) is 17.3 Å². The van der Waals surface area contributed by atoms with Crippen molar-refractivity contribution in [2.24, 2.45) is 0 Å². The van der Waals surface area contributed by atoms with E-state index in [9.17, 15) is 9.18 Å². The van der Waals surface area contributed by atoms with Crippen LogP contribution in [0.5, 0.6) is 17.2 Å². The van der Waals surface area contributed by atoms with E-state index in [2.05, 4.69) is 0 Å². The van der Waals surface area contributed by atoms with Crippen LogP contribution in [0.1, 0.15) is 29.3 Å². The predicted octanol–water partition coefficient (Wildman–Crippen LogP) is 3.83. The SMILES string of the molecule is COc1cc(C(=O)N2c3ccc(F)cc3CCC2C)cc(OC)c1OC. The molecule has 0 saturated carbocycles. The van der Waals surface area contributed by atoms with E-state index in [0.717, 1.165) is 24.1 Å². The first-order valence-corrected chi connectivity index (χ1v) is 8.42. The lowest BCUT2D eigenvalue weighted by molar-refractivity contribution is 0.0974. The maximum absolute atomic E-state index is 13.6. The Morgan fingerprint density at radius 2 is 1.73 bits per heavy atom. The van der Waals surface area contributed by atoms with E-state index in [1.165, 1.54) is 33.5 Å². The van der Waals surface area contributed by atoms with Crippen molar-refractivity contribution >= 4 is 11.6 Å². The Bertz CT molecular complexity index is 812. The zero-order valence-corrected chi connectivity index (χ0v) is 15.3. The number of methoxy groups -OCH3 is 3. The number of carbonyl (C=O) groups is 1. The van der Waals surface area contributed by atoms with Crippen LogP contribution in [0.15, 0.2) is 30.3 Å². The van der Waals surface area contributed by atoms with Crippen LogP contribution in [0, 0.1) is 5.82 Å². The third kappa shape index (κ3) is 3.07. The van der Waals surface area contributed by atoms with Crippen LogP contribution in [0.3, 0.4) is 0 Å². The molecule has 1 heterocycles. The van der Waals surface area contributed by atoms with E-state index in [-0.39, 0.29) is 17.8 Å². The fourth-order valence-electron chi connectivity index (χ4n) is 3.37. The van der Waals surface area contributed by atoms with Crippen molar-refractivity contribution in [1.82, 2.24) is 0 Å². The van der Waals surface area contributed by atoms with Gasteiger partial charge in [0.25, 0.3) is 5.91 Å². The number of hydrogen-bond acceptors (Lipinski definition) is 4. The Labute approximate surface area is 152 Å². The van der Waals surface area contributed by atoms with Crippen LogP contribution in [0.25, 0.3) is 0 Å². The molecular formula is C20H22FNO4. The average molecular weight is 359 g/mol. The van der Waals surface area contributed by atoms with E-state index in [1.807, 2.05) is 6.92 Å². The molecule has 1 amide bonds. The van der Waals surface area contributed by atoms with Gasteiger partial charge in [-0.25, -0.2) is 4.39 Å². The summed E-state index contributed by atoms with van der Waals surface area (Å²) in [6, 6.07) is 7.81. The highest BCUT2D eigenvalue weighted by molar-refractivity contribution is 6.08. The molecule has 6 heteroatoms. The second kappa shape index (κ2) is 7.23. The van der Waals surface area contributed by atoms with Gasteiger partial charge in [0.1, 0.15) is 5.82 Å². The van der Waals surface area contributed by atoms with E-state index >= 15 is 0 Å². The fraction of sp³-hybridized carbons (Fsp3) is 0.350. The molecular weight excluding hydrogens is 337 g/mol. The van der Waals surface area contributed by atoms with Crippen molar-refractivity contribution in [1.29, 1.82) is 0 Å². The van der Waals surface area contributed by atoms with Crippen molar-refractivity contribution in [3.05, 3.63) is 47.3 Å². The van der Waals surface area contributed by atoms with Gasteiger partial charge in [-0.2, -0.15) is 0 Å². The first kappa shape index (κ1) is 18.0. The van der Waals surface area contributed by atoms with Crippen molar-refractivity contribution in [3.8, 4) is 17.2 Å². The van der Waals surface area contributed by atoms with E-state index < -0.39 is 0 Å². The Hall–Kier alpha value is -2.76. The smallest absolute Gasteiger partial charge is 0.258 e. The van der Waals surface area contributed by atoms with Gasteiger partial charge < -0.3 is 19.1 Å². The summed E-state index contributed by atoms with van der Waals surface area (Å²) in [7, 11) is 4.53. The van der Waals surface area contributed by atoms with Gasteiger partial charge in [0.15, 0.2) is 11.5 Å². The molecule has 3 rings (SSSR count). The predicted molar refractivity (Wildman–Crippen MR) is 97.1 cm³/mol. The van der Waals surface area contributed by atoms with Gasteiger partial charge in [-0.05, 0) is 55.7 Å². The highest BCUT2D eigenvalue weighted by Gasteiger charge is 2.30. The number of amides is 1. The van der Waals surface area contributed by atoms with E-state index in [1.54, 1.807) is 23.1 Å². The van der Waals surface area contributed by atoms with Crippen LogP contribution in [-0.2, 0) is 6.42 Å². The molecule has 2 aromatic rings. The largest absolute Gasteiger partial charge is 0.493 e. The molecule has 0 fully saturated rings. The monoisotopic (exact) mass is 359 g/mol. The number of fused-ring (bicyclic) bond motifs is 1. The standard InChI is InChI=1S/C20H22FNO4/c1-12-5-6-13-9-15(21)7-8-16(13)22(12)20(23)14-10-17(24-2)19(26-4)18(11-14)25-3/h7-12H,5-6H2,1-4H3. The second-order valence-corrected chi connectivity index (χ2v) is 6.25. The third-order valence-electron chi connectivity index (χ3n) is 4.70. The summed E-state index contributed by atoms with van der Waals surface area (Å²) < 4.78 is 29.6. The van der Waals surface area contributed by atoms with Crippen molar-refractivity contribution < 1.29 is 23.4 Å². The molecule has 138 valence electrons. The van der Waals surface area contributed by atoms with E-state index in [0.29, 0.717) is 22.8 Å². The molecule has 5 nitrogen and oxygen atoms in total. The molecule has 0 radical (unpaired) electrons. The lowest BCUT2D eigenvalue weighted by Crippen LogP contribution is -2.42. The van der Waals surface area contributed by atoms with Gasteiger partial charge in [0.2, 0.25) is 5.75 Å². The van der Waals surface area contributed by atoms with Crippen molar-refractivity contribution in [3.63, 3.8) is 0 Å². The molecule has 0 spiro atoms. The highest BCUT2D eigenvalue weighted by Crippen LogP contribution is 2.40. The Kier molecular flexibility index (Phi) is 5.02. The van der Waals surface area contributed by atoms with Gasteiger partial charge in [-0.3, -0.25) is 4.79 Å². The topological polar surface area (TPSA) is 48.0 Å². The zero-order chi connectivity index (χ0) is 18.8. The number of halogens is 1. The number of benzene rings is 2. The first-order valence-electron chi connectivity index (χ1n) is 8.42. The van der Waals surface area contributed by atoms with Gasteiger partial charge in [0.05, 0.1) is 21.3 Å². The summed E-state index contributed by atoms with van der Waals surface area (Å²) in [6.07, 6.45) is 1.51. The van der Waals surface area contributed by atoms with Gasteiger partial charge in [-0.15, -0.1) is 0 Å². The summed E-state index contributed by atoms with van der Waals surface area (Å²) in [5.41, 5.74) is 2.00. The Morgan fingerprint density at radius 3 is 2.31 bits per heavy atom.